The Hall–Kier alpha value is -0.830. The Morgan fingerprint density at radius 1 is 1.40 bits per heavy atom. The van der Waals surface area contributed by atoms with Crippen molar-refractivity contribution >= 4 is 44.3 Å². The monoisotopic (exact) mass is 337 g/mol. The van der Waals surface area contributed by atoms with Crippen LogP contribution in [0, 0.1) is 3.57 Å². The first-order chi connectivity index (χ1) is 7.04. The van der Waals surface area contributed by atoms with Crippen molar-refractivity contribution in [2.45, 2.75) is 4.90 Å². The number of para-hydroxylation sites is 1. The van der Waals surface area contributed by atoms with Crippen molar-refractivity contribution < 1.29 is 8.42 Å². The molecule has 1 aliphatic rings. The summed E-state index contributed by atoms with van der Waals surface area (Å²) in [5.41, 5.74) is 0.581. The zero-order valence-electron chi connectivity index (χ0n) is 7.78. The third-order valence-corrected chi connectivity index (χ3v) is 4.24. The SMILES string of the molecule is CN=C1Nc2c(I)cccc2S(=O)(=O)N1. The largest absolute Gasteiger partial charge is 0.323 e. The Morgan fingerprint density at radius 3 is 2.80 bits per heavy atom. The van der Waals surface area contributed by atoms with E-state index < -0.39 is 10.0 Å². The number of sulfonamides is 1. The predicted molar refractivity (Wildman–Crippen MR) is 66.5 cm³/mol. The summed E-state index contributed by atoms with van der Waals surface area (Å²) in [6.07, 6.45) is 0. The zero-order valence-corrected chi connectivity index (χ0v) is 10.8. The second-order valence-corrected chi connectivity index (χ2v) is 5.73. The lowest BCUT2D eigenvalue weighted by Gasteiger charge is -2.21. The third-order valence-electron chi connectivity index (χ3n) is 1.96. The molecule has 0 bridgehead atoms. The second kappa shape index (κ2) is 3.63. The van der Waals surface area contributed by atoms with Crippen molar-refractivity contribution in [3.8, 4) is 0 Å². The van der Waals surface area contributed by atoms with Gasteiger partial charge in [0.05, 0.1) is 5.69 Å². The number of rotatable bonds is 0. The van der Waals surface area contributed by atoms with E-state index >= 15 is 0 Å². The van der Waals surface area contributed by atoms with Crippen LogP contribution in [0.4, 0.5) is 5.69 Å². The summed E-state index contributed by atoms with van der Waals surface area (Å²) in [6, 6.07) is 5.09. The first-order valence-corrected chi connectivity index (χ1v) is 6.66. The second-order valence-electron chi connectivity index (χ2n) is 2.92. The highest BCUT2D eigenvalue weighted by Crippen LogP contribution is 2.29. The van der Waals surface area contributed by atoms with Gasteiger partial charge in [-0.15, -0.1) is 0 Å². The molecule has 0 aromatic heterocycles. The summed E-state index contributed by atoms with van der Waals surface area (Å²) in [6.45, 7) is 0. The van der Waals surface area contributed by atoms with Crippen LogP contribution in [0.2, 0.25) is 0 Å². The molecule has 0 unspecified atom stereocenters. The maximum absolute atomic E-state index is 11.8. The minimum absolute atomic E-state index is 0.242. The Kier molecular flexibility index (Phi) is 2.59. The summed E-state index contributed by atoms with van der Waals surface area (Å²) in [7, 11) is -1.95. The number of nitrogens with zero attached hydrogens (tertiary/aromatic N) is 1. The maximum Gasteiger partial charge on any atom is 0.266 e. The fraction of sp³-hybridized carbons (Fsp3) is 0.125. The summed E-state index contributed by atoms with van der Waals surface area (Å²) >= 11 is 2.08. The van der Waals surface area contributed by atoms with Gasteiger partial charge in [0.2, 0.25) is 5.96 Å². The number of aliphatic imine (C=N–C) groups is 1. The van der Waals surface area contributed by atoms with Gasteiger partial charge in [-0.1, -0.05) is 6.07 Å². The van der Waals surface area contributed by atoms with E-state index in [1.165, 1.54) is 7.05 Å². The number of hydrogen-bond donors (Lipinski definition) is 2. The van der Waals surface area contributed by atoms with E-state index in [0.29, 0.717) is 5.69 Å². The van der Waals surface area contributed by atoms with Gasteiger partial charge in [0.25, 0.3) is 10.0 Å². The van der Waals surface area contributed by atoms with Crippen molar-refractivity contribution in [3.63, 3.8) is 0 Å². The molecule has 80 valence electrons. The smallest absolute Gasteiger partial charge is 0.266 e. The van der Waals surface area contributed by atoms with Crippen molar-refractivity contribution in [2.75, 3.05) is 12.4 Å². The molecular formula is C8H8IN3O2S. The van der Waals surface area contributed by atoms with Gasteiger partial charge >= 0.3 is 0 Å². The van der Waals surface area contributed by atoms with E-state index in [9.17, 15) is 8.42 Å². The van der Waals surface area contributed by atoms with Crippen LogP contribution >= 0.6 is 22.6 Å². The lowest BCUT2D eigenvalue weighted by atomic mass is 10.3. The maximum atomic E-state index is 11.8. The van der Waals surface area contributed by atoms with Crippen molar-refractivity contribution in [1.82, 2.24) is 4.72 Å². The van der Waals surface area contributed by atoms with E-state index in [1.54, 1.807) is 12.1 Å². The fourth-order valence-corrected chi connectivity index (χ4v) is 3.29. The summed E-state index contributed by atoms with van der Waals surface area (Å²) in [5.74, 6) is 0.242. The molecule has 0 saturated heterocycles. The van der Waals surface area contributed by atoms with Crippen LogP contribution in [-0.4, -0.2) is 21.4 Å². The molecule has 7 heteroatoms. The average molecular weight is 337 g/mol. The number of hydrogen-bond acceptors (Lipinski definition) is 3. The molecule has 0 atom stereocenters. The minimum atomic E-state index is -3.47. The van der Waals surface area contributed by atoms with Gasteiger partial charge in [0.1, 0.15) is 4.90 Å². The Balaban J connectivity index is 2.71. The standard InChI is InChI=1S/C8H8IN3O2S/c1-10-8-11-7-5(9)3-2-4-6(7)15(13,14)12-8/h2-4H,1H3,(H2,10,11,12). The van der Waals surface area contributed by atoms with Crippen LogP contribution in [0.15, 0.2) is 28.1 Å². The summed E-state index contributed by atoms with van der Waals surface area (Å²) in [4.78, 5) is 4.05. The molecule has 1 aromatic rings. The molecule has 0 fully saturated rings. The lowest BCUT2D eigenvalue weighted by molar-refractivity contribution is 0.591. The Labute approximate surface area is 101 Å². The molecule has 1 heterocycles. The van der Waals surface area contributed by atoms with Crippen LogP contribution < -0.4 is 10.0 Å². The van der Waals surface area contributed by atoms with Crippen molar-refractivity contribution in [3.05, 3.63) is 21.8 Å². The highest BCUT2D eigenvalue weighted by molar-refractivity contribution is 14.1. The first kappa shape index (κ1) is 10.7. The van der Waals surface area contributed by atoms with E-state index in [1.807, 2.05) is 6.07 Å². The van der Waals surface area contributed by atoms with Crippen LogP contribution in [0.1, 0.15) is 0 Å². The number of nitrogens with one attached hydrogen (secondary N) is 2. The number of anilines is 1. The summed E-state index contributed by atoms with van der Waals surface area (Å²) in [5, 5.41) is 2.92. The molecule has 0 radical (unpaired) electrons. The van der Waals surface area contributed by atoms with Gasteiger partial charge in [0, 0.05) is 10.6 Å². The molecule has 0 spiro atoms. The molecule has 0 aliphatic carbocycles. The zero-order chi connectivity index (χ0) is 11.1. The fourth-order valence-electron chi connectivity index (χ4n) is 1.28. The van der Waals surface area contributed by atoms with Crippen LogP contribution in [-0.2, 0) is 10.0 Å². The van der Waals surface area contributed by atoms with Crippen LogP contribution in [0.5, 0.6) is 0 Å². The molecule has 0 saturated carbocycles. The van der Waals surface area contributed by atoms with E-state index in [0.717, 1.165) is 3.57 Å². The summed E-state index contributed by atoms with van der Waals surface area (Å²) < 4.78 is 26.7. The van der Waals surface area contributed by atoms with E-state index in [4.69, 9.17) is 0 Å². The molecule has 15 heavy (non-hydrogen) atoms. The van der Waals surface area contributed by atoms with Gasteiger partial charge in [-0.05, 0) is 34.7 Å². The quantitative estimate of drug-likeness (QED) is 0.694. The predicted octanol–water partition coefficient (Wildman–Crippen LogP) is 0.981. The third kappa shape index (κ3) is 1.81. The number of guanidine groups is 1. The molecule has 5 nitrogen and oxygen atoms in total. The lowest BCUT2D eigenvalue weighted by Crippen LogP contribution is -2.40. The Morgan fingerprint density at radius 2 is 2.13 bits per heavy atom. The number of benzene rings is 1. The van der Waals surface area contributed by atoms with Crippen molar-refractivity contribution in [2.24, 2.45) is 4.99 Å². The molecule has 2 rings (SSSR count). The molecular weight excluding hydrogens is 329 g/mol. The van der Waals surface area contributed by atoms with E-state index in [-0.39, 0.29) is 10.9 Å². The average Bonchev–Trinajstić information content (AvgIpc) is 2.18. The highest BCUT2D eigenvalue weighted by Gasteiger charge is 2.27. The normalized spacial score (nSPS) is 20.3. The molecule has 0 amide bonds. The number of fused-ring (bicyclic) bond motifs is 1. The van der Waals surface area contributed by atoms with Gasteiger partial charge in [0.15, 0.2) is 0 Å². The first-order valence-electron chi connectivity index (χ1n) is 4.10. The van der Waals surface area contributed by atoms with Gasteiger partial charge < -0.3 is 5.32 Å². The molecule has 1 aromatic carbocycles. The topological polar surface area (TPSA) is 70.6 Å². The van der Waals surface area contributed by atoms with Gasteiger partial charge in [-0.3, -0.25) is 4.99 Å². The van der Waals surface area contributed by atoms with E-state index in [2.05, 4.69) is 37.6 Å². The Bertz CT molecular complexity index is 539. The van der Waals surface area contributed by atoms with Crippen LogP contribution in [0.25, 0.3) is 0 Å². The van der Waals surface area contributed by atoms with Gasteiger partial charge in [-0.25, -0.2) is 13.1 Å². The van der Waals surface area contributed by atoms with Crippen molar-refractivity contribution in [1.29, 1.82) is 0 Å². The van der Waals surface area contributed by atoms with Crippen LogP contribution in [0.3, 0.4) is 0 Å². The highest BCUT2D eigenvalue weighted by atomic mass is 127. The number of halogens is 1. The minimum Gasteiger partial charge on any atom is -0.323 e. The molecule has 1 aliphatic heterocycles. The molecule has 2 N–H and O–H groups in total. The van der Waals surface area contributed by atoms with Gasteiger partial charge in [-0.2, -0.15) is 0 Å².